The summed E-state index contributed by atoms with van der Waals surface area (Å²) >= 11 is 3.28. The number of carbonyl (C=O) groups excluding carboxylic acids is 1. The second-order valence-electron chi connectivity index (χ2n) is 5.83. The van der Waals surface area contributed by atoms with E-state index in [1.54, 1.807) is 6.07 Å². The van der Waals surface area contributed by atoms with E-state index in [4.69, 9.17) is 4.74 Å². The first-order chi connectivity index (χ1) is 13.0. The number of non-ortho nitro benzene ring substituents is 1. The molecule has 136 valence electrons. The van der Waals surface area contributed by atoms with Gasteiger partial charge in [0.2, 0.25) is 0 Å². The van der Waals surface area contributed by atoms with E-state index in [2.05, 4.69) is 10.3 Å². The lowest BCUT2D eigenvalue weighted by molar-refractivity contribution is -0.384. The monoisotopic (exact) mass is 493 g/mol. The van der Waals surface area contributed by atoms with Gasteiger partial charge in [0.1, 0.15) is 5.75 Å². The molecule has 1 aliphatic heterocycles. The number of fused-ring (bicyclic) bond motifs is 1. The topological polar surface area (TPSA) is 94.4 Å². The summed E-state index contributed by atoms with van der Waals surface area (Å²) in [5, 5.41) is 16.0. The summed E-state index contributed by atoms with van der Waals surface area (Å²) in [6.45, 7) is 0.693. The van der Waals surface area contributed by atoms with E-state index in [1.165, 1.54) is 23.5 Å². The number of halogens is 1. The number of rotatable bonds is 4. The molecule has 0 atom stereocenters. The zero-order chi connectivity index (χ0) is 19.0. The zero-order valence-electron chi connectivity index (χ0n) is 13.8. The molecule has 1 aromatic heterocycles. The highest BCUT2D eigenvalue weighted by Crippen LogP contribution is 2.32. The van der Waals surface area contributed by atoms with Gasteiger partial charge in [-0.15, -0.1) is 11.3 Å². The van der Waals surface area contributed by atoms with E-state index in [1.807, 2.05) is 46.2 Å². The average molecular weight is 493 g/mol. The van der Waals surface area contributed by atoms with Crippen LogP contribution in [0, 0.1) is 13.7 Å². The first kappa shape index (κ1) is 17.9. The lowest BCUT2D eigenvalue weighted by atomic mass is 10.1. The van der Waals surface area contributed by atoms with Gasteiger partial charge in [-0.1, -0.05) is 0 Å². The van der Waals surface area contributed by atoms with Crippen LogP contribution in [0.15, 0.2) is 41.8 Å². The fourth-order valence-corrected chi connectivity index (χ4v) is 4.07. The molecule has 0 bridgehead atoms. The molecule has 2 aromatic carbocycles. The maximum atomic E-state index is 12.5. The summed E-state index contributed by atoms with van der Waals surface area (Å²) in [5.74, 6) is 0.481. The largest absolute Gasteiger partial charge is 0.493 e. The molecular formula is C18H12IN3O4S. The van der Waals surface area contributed by atoms with Crippen LogP contribution in [0.2, 0.25) is 0 Å². The van der Waals surface area contributed by atoms with Gasteiger partial charge < -0.3 is 4.74 Å². The van der Waals surface area contributed by atoms with Crippen molar-refractivity contribution in [2.24, 2.45) is 0 Å². The van der Waals surface area contributed by atoms with Crippen molar-refractivity contribution in [3.63, 3.8) is 0 Å². The third-order valence-electron chi connectivity index (χ3n) is 4.12. The van der Waals surface area contributed by atoms with Gasteiger partial charge in [-0.2, -0.15) is 0 Å². The van der Waals surface area contributed by atoms with E-state index in [0.29, 0.717) is 15.3 Å². The number of carbonyl (C=O) groups is 1. The molecule has 9 heteroatoms. The summed E-state index contributed by atoms with van der Waals surface area (Å²) in [5.41, 5.74) is 2.99. The van der Waals surface area contributed by atoms with Crippen LogP contribution in [0.3, 0.4) is 0 Å². The number of hydrogen-bond donors (Lipinski definition) is 1. The number of nitrogens with one attached hydrogen (secondary N) is 1. The smallest absolute Gasteiger partial charge is 0.270 e. The molecule has 0 spiro atoms. The second-order valence-corrected chi connectivity index (χ2v) is 7.85. The Hall–Kier alpha value is -2.53. The van der Waals surface area contributed by atoms with Crippen LogP contribution in [0.1, 0.15) is 15.9 Å². The molecule has 1 aliphatic rings. The quantitative estimate of drug-likeness (QED) is 0.328. The normalized spacial score (nSPS) is 12.3. The lowest BCUT2D eigenvalue weighted by Crippen LogP contribution is -2.13. The highest BCUT2D eigenvalue weighted by molar-refractivity contribution is 14.1. The number of benzene rings is 2. The van der Waals surface area contributed by atoms with Crippen LogP contribution in [0.25, 0.3) is 11.3 Å². The molecule has 7 nitrogen and oxygen atoms in total. The van der Waals surface area contributed by atoms with Crippen LogP contribution in [-0.4, -0.2) is 22.4 Å². The molecule has 0 saturated heterocycles. The van der Waals surface area contributed by atoms with E-state index < -0.39 is 10.8 Å². The Bertz CT molecular complexity index is 1070. The molecule has 4 rings (SSSR count). The Labute approximate surface area is 171 Å². The highest BCUT2D eigenvalue weighted by atomic mass is 127. The number of nitrogens with zero attached hydrogens (tertiary/aromatic N) is 2. The Morgan fingerprint density at radius 3 is 2.96 bits per heavy atom. The van der Waals surface area contributed by atoms with Crippen LogP contribution >= 0.6 is 33.9 Å². The third-order valence-corrected chi connectivity index (χ3v) is 5.81. The molecule has 2 heterocycles. The standard InChI is InChI=1S/C18H12IN3O4S/c19-14-3-2-12(22(24)25)8-13(14)17(23)21-18-20-15(9-27-18)10-1-4-16-11(7-10)5-6-26-16/h1-4,7-9H,5-6H2,(H,20,21,23). The molecule has 0 fully saturated rings. The van der Waals surface area contributed by atoms with Crippen molar-refractivity contribution in [3.8, 4) is 17.0 Å². The predicted octanol–water partition coefficient (Wildman–Crippen LogP) is 4.51. The first-order valence-corrected chi connectivity index (χ1v) is 9.94. The fourth-order valence-electron chi connectivity index (χ4n) is 2.77. The van der Waals surface area contributed by atoms with Crippen LogP contribution in [0.5, 0.6) is 5.75 Å². The number of aromatic nitrogens is 1. The third kappa shape index (κ3) is 3.65. The van der Waals surface area contributed by atoms with E-state index in [9.17, 15) is 14.9 Å². The van der Waals surface area contributed by atoms with Crippen molar-refractivity contribution < 1.29 is 14.5 Å². The molecule has 0 saturated carbocycles. The SMILES string of the molecule is O=C(Nc1nc(-c2ccc3c(c2)CCO3)cs1)c1cc([N+](=O)[O-])ccc1I. The predicted molar refractivity (Wildman–Crippen MR) is 111 cm³/mol. The summed E-state index contributed by atoms with van der Waals surface area (Å²) < 4.78 is 6.14. The van der Waals surface area contributed by atoms with E-state index in [-0.39, 0.29) is 11.3 Å². The molecular weight excluding hydrogens is 481 g/mol. The van der Waals surface area contributed by atoms with E-state index >= 15 is 0 Å². The van der Waals surface area contributed by atoms with Gasteiger partial charge >= 0.3 is 0 Å². The summed E-state index contributed by atoms with van der Waals surface area (Å²) in [6.07, 6.45) is 0.877. The van der Waals surface area contributed by atoms with Crippen LogP contribution in [-0.2, 0) is 6.42 Å². The summed E-state index contributed by atoms with van der Waals surface area (Å²) in [6, 6.07) is 10.1. The van der Waals surface area contributed by atoms with Gasteiger partial charge in [0.15, 0.2) is 5.13 Å². The molecule has 1 amide bonds. The number of thiazole rings is 1. The molecule has 1 N–H and O–H groups in total. The Kier molecular flexibility index (Phi) is 4.79. The number of anilines is 1. The first-order valence-electron chi connectivity index (χ1n) is 7.98. The zero-order valence-corrected chi connectivity index (χ0v) is 16.7. The Morgan fingerprint density at radius 1 is 1.30 bits per heavy atom. The van der Waals surface area contributed by atoms with Crippen molar-refractivity contribution in [3.05, 3.63) is 66.6 Å². The van der Waals surface area contributed by atoms with Gasteiger partial charge in [0.25, 0.3) is 11.6 Å². The average Bonchev–Trinajstić information content (AvgIpc) is 3.30. The summed E-state index contributed by atoms with van der Waals surface area (Å²) in [4.78, 5) is 27.4. The van der Waals surface area contributed by atoms with Gasteiger partial charge in [0.05, 0.1) is 22.8 Å². The minimum atomic E-state index is -0.522. The fraction of sp³-hybridized carbons (Fsp3) is 0.111. The van der Waals surface area contributed by atoms with Gasteiger partial charge in [-0.05, 0) is 52.4 Å². The molecule has 0 radical (unpaired) electrons. The van der Waals surface area contributed by atoms with Gasteiger partial charge in [0, 0.05) is 33.1 Å². The Morgan fingerprint density at radius 2 is 2.15 bits per heavy atom. The van der Waals surface area contributed by atoms with Crippen molar-refractivity contribution in [2.45, 2.75) is 6.42 Å². The van der Waals surface area contributed by atoms with Gasteiger partial charge in [-0.3, -0.25) is 20.2 Å². The van der Waals surface area contributed by atoms with Crippen molar-refractivity contribution in [2.75, 3.05) is 11.9 Å². The number of nitro benzene ring substituents is 1. The maximum Gasteiger partial charge on any atom is 0.270 e. The highest BCUT2D eigenvalue weighted by Gasteiger charge is 2.18. The molecule has 27 heavy (non-hydrogen) atoms. The summed E-state index contributed by atoms with van der Waals surface area (Å²) in [7, 11) is 0. The minimum Gasteiger partial charge on any atom is -0.493 e. The lowest BCUT2D eigenvalue weighted by Gasteiger charge is -2.04. The minimum absolute atomic E-state index is 0.124. The number of amides is 1. The number of nitro groups is 1. The molecule has 3 aromatic rings. The number of hydrogen-bond acceptors (Lipinski definition) is 6. The van der Waals surface area contributed by atoms with Crippen molar-refractivity contribution in [1.29, 1.82) is 0 Å². The van der Waals surface area contributed by atoms with Crippen molar-refractivity contribution >= 4 is 50.7 Å². The van der Waals surface area contributed by atoms with Crippen molar-refractivity contribution in [1.82, 2.24) is 4.98 Å². The van der Waals surface area contributed by atoms with Gasteiger partial charge in [-0.25, -0.2) is 4.98 Å². The van der Waals surface area contributed by atoms with Crippen LogP contribution in [0.4, 0.5) is 10.8 Å². The maximum absolute atomic E-state index is 12.5. The molecule has 0 aliphatic carbocycles. The van der Waals surface area contributed by atoms with Crippen LogP contribution < -0.4 is 10.1 Å². The Balaban J connectivity index is 1.55. The molecule has 0 unspecified atom stereocenters. The second kappa shape index (κ2) is 7.24. The van der Waals surface area contributed by atoms with E-state index in [0.717, 1.165) is 29.0 Å². The number of ether oxygens (including phenoxy) is 1.